The zero-order valence-corrected chi connectivity index (χ0v) is 17.2. The molecule has 0 amide bonds. The number of nitrogens with two attached hydrogens (primary N) is 1. The van der Waals surface area contributed by atoms with E-state index in [0.717, 1.165) is 41.9 Å². The Morgan fingerprint density at radius 1 is 1.10 bits per heavy atom. The Morgan fingerprint density at radius 3 is 2.97 bits per heavy atom. The van der Waals surface area contributed by atoms with Crippen LogP contribution in [0.15, 0.2) is 49.1 Å². The summed E-state index contributed by atoms with van der Waals surface area (Å²) in [5, 5.41) is 7.83. The van der Waals surface area contributed by atoms with Crippen molar-refractivity contribution >= 4 is 11.5 Å². The number of ether oxygens (including phenoxy) is 1. The summed E-state index contributed by atoms with van der Waals surface area (Å²) in [5.41, 5.74) is 15.3. The SMILES string of the molecule is Nc1ncc(-c2cc3c(c([C@@H]4CCCN4)c2)COCC3)cc1-c1ccn2ncnc2c1. The summed E-state index contributed by atoms with van der Waals surface area (Å²) in [7, 11) is 0. The fourth-order valence-corrected chi connectivity index (χ4v) is 4.79. The Bertz CT molecular complexity index is 1270. The van der Waals surface area contributed by atoms with Crippen LogP contribution in [0, 0.1) is 0 Å². The number of hydrogen-bond donors (Lipinski definition) is 2. The highest BCUT2D eigenvalue weighted by molar-refractivity contribution is 5.81. The Hall–Kier alpha value is -3.29. The van der Waals surface area contributed by atoms with Gasteiger partial charge in [0, 0.05) is 29.6 Å². The Morgan fingerprint density at radius 2 is 2.06 bits per heavy atom. The number of nitrogen functional groups attached to an aromatic ring is 1. The maximum Gasteiger partial charge on any atom is 0.155 e. The Labute approximate surface area is 180 Å². The van der Waals surface area contributed by atoms with Gasteiger partial charge in [0.15, 0.2) is 5.65 Å². The largest absolute Gasteiger partial charge is 0.383 e. The maximum absolute atomic E-state index is 6.28. The molecule has 2 aliphatic heterocycles. The lowest BCUT2D eigenvalue weighted by atomic mass is 9.88. The normalized spacial score (nSPS) is 18.4. The van der Waals surface area contributed by atoms with E-state index in [1.54, 1.807) is 10.8 Å². The number of fused-ring (bicyclic) bond motifs is 2. The van der Waals surface area contributed by atoms with Crippen molar-refractivity contribution < 1.29 is 4.74 Å². The summed E-state index contributed by atoms with van der Waals surface area (Å²) in [6, 6.07) is 11.1. The lowest BCUT2D eigenvalue weighted by molar-refractivity contribution is 0.109. The lowest BCUT2D eigenvalue weighted by Crippen LogP contribution is -2.19. The van der Waals surface area contributed by atoms with E-state index in [-0.39, 0.29) is 0 Å². The molecule has 1 aromatic carbocycles. The summed E-state index contributed by atoms with van der Waals surface area (Å²) in [6.45, 7) is 2.55. The molecule has 5 heterocycles. The minimum Gasteiger partial charge on any atom is -0.383 e. The molecular formula is C24H24N6O. The van der Waals surface area contributed by atoms with Crippen LogP contribution in [-0.4, -0.2) is 32.7 Å². The van der Waals surface area contributed by atoms with E-state index in [1.165, 1.54) is 35.1 Å². The van der Waals surface area contributed by atoms with Crippen LogP contribution in [0.25, 0.3) is 27.9 Å². The third kappa shape index (κ3) is 3.26. The zero-order valence-electron chi connectivity index (χ0n) is 17.2. The highest BCUT2D eigenvalue weighted by atomic mass is 16.5. The minimum absolute atomic E-state index is 0.395. The fourth-order valence-electron chi connectivity index (χ4n) is 4.79. The van der Waals surface area contributed by atoms with E-state index >= 15 is 0 Å². The summed E-state index contributed by atoms with van der Waals surface area (Å²) in [5.74, 6) is 0.511. The summed E-state index contributed by atoms with van der Waals surface area (Å²) < 4.78 is 7.53. The average Bonchev–Trinajstić information content (AvgIpc) is 3.50. The van der Waals surface area contributed by atoms with E-state index in [9.17, 15) is 0 Å². The molecule has 1 atom stereocenters. The van der Waals surface area contributed by atoms with Crippen molar-refractivity contribution in [2.24, 2.45) is 0 Å². The molecular weight excluding hydrogens is 388 g/mol. The van der Waals surface area contributed by atoms with Crippen molar-refractivity contribution in [1.29, 1.82) is 0 Å². The first-order chi connectivity index (χ1) is 15.3. The second kappa shape index (κ2) is 7.44. The highest BCUT2D eigenvalue weighted by Crippen LogP contribution is 2.36. The molecule has 1 saturated heterocycles. The number of anilines is 1. The van der Waals surface area contributed by atoms with Crippen LogP contribution in [0.3, 0.4) is 0 Å². The molecule has 4 aromatic rings. The van der Waals surface area contributed by atoms with Gasteiger partial charge in [0.25, 0.3) is 0 Å². The molecule has 2 aliphatic rings. The first kappa shape index (κ1) is 18.5. The van der Waals surface area contributed by atoms with Gasteiger partial charge in [-0.15, -0.1) is 0 Å². The van der Waals surface area contributed by atoms with Crippen LogP contribution in [0.2, 0.25) is 0 Å². The summed E-state index contributed by atoms with van der Waals surface area (Å²) in [6.07, 6.45) is 8.64. The first-order valence-corrected chi connectivity index (χ1v) is 10.8. The first-order valence-electron chi connectivity index (χ1n) is 10.8. The van der Waals surface area contributed by atoms with Gasteiger partial charge >= 0.3 is 0 Å². The number of benzene rings is 1. The second-order valence-electron chi connectivity index (χ2n) is 8.29. The Kier molecular flexibility index (Phi) is 4.44. The summed E-state index contributed by atoms with van der Waals surface area (Å²) >= 11 is 0. The maximum atomic E-state index is 6.28. The molecule has 7 nitrogen and oxygen atoms in total. The fraction of sp³-hybridized carbons (Fsp3) is 0.292. The number of aromatic nitrogens is 4. The quantitative estimate of drug-likeness (QED) is 0.535. The topological polar surface area (TPSA) is 90.4 Å². The van der Waals surface area contributed by atoms with Gasteiger partial charge in [-0.25, -0.2) is 14.5 Å². The lowest BCUT2D eigenvalue weighted by Gasteiger charge is -2.25. The number of nitrogens with one attached hydrogen (secondary N) is 1. The van der Waals surface area contributed by atoms with Gasteiger partial charge in [-0.1, -0.05) is 6.07 Å². The third-order valence-electron chi connectivity index (χ3n) is 6.42. The standard InChI is InChI=1S/C24H24N6O/c25-24-19(15-3-6-30-23(11-15)28-14-29-30)10-18(12-27-24)17-8-16-4-7-31-13-21(16)20(9-17)22-2-1-5-26-22/h3,6,8-12,14,22,26H,1-2,4-5,7,13H2,(H2,25,27)/t22-/m0/s1. The van der Waals surface area contributed by atoms with Crippen molar-refractivity contribution in [2.75, 3.05) is 18.9 Å². The van der Waals surface area contributed by atoms with Gasteiger partial charge in [0.2, 0.25) is 0 Å². The number of rotatable bonds is 3. The van der Waals surface area contributed by atoms with E-state index in [2.05, 4.69) is 38.6 Å². The van der Waals surface area contributed by atoms with Crippen LogP contribution in [0.4, 0.5) is 5.82 Å². The molecule has 6 rings (SSSR count). The van der Waals surface area contributed by atoms with Crippen LogP contribution >= 0.6 is 0 Å². The van der Waals surface area contributed by atoms with Gasteiger partial charge in [-0.05, 0) is 77.9 Å². The molecule has 7 heteroatoms. The van der Waals surface area contributed by atoms with Crippen LogP contribution in [0.1, 0.15) is 35.6 Å². The van der Waals surface area contributed by atoms with Crippen LogP contribution in [-0.2, 0) is 17.8 Å². The molecule has 1 fully saturated rings. The molecule has 0 unspecified atom stereocenters. The zero-order chi connectivity index (χ0) is 20.8. The molecule has 0 spiro atoms. The van der Waals surface area contributed by atoms with E-state index in [4.69, 9.17) is 10.5 Å². The molecule has 0 bridgehead atoms. The van der Waals surface area contributed by atoms with Crippen molar-refractivity contribution in [2.45, 2.75) is 31.9 Å². The molecule has 0 aliphatic carbocycles. The molecule has 0 radical (unpaired) electrons. The number of hydrogen-bond acceptors (Lipinski definition) is 6. The van der Waals surface area contributed by atoms with Crippen LogP contribution < -0.4 is 11.1 Å². The minimum atomic E-state index is 0.395. The van der Waals surface area contributed by atoms with Crippen molar-refractivity contribution in [3.8, 4) is 22.3 Å². The molecule has 31 heavy (non-hydrogen) atoms. The van der Waals surface area contributed by atoms with E-state index in [0.29, 0.717) is 18.5 Å². The van der Waals surface area contributed by atoms with Gasteiger partial charge in [0.05, 0.1) is 13.2 Å². The molecule has 3 aromatic heterocycles. The number of nitrogens with zero attached hydrogens (tertiary/aromatic N) is 4. The molecule has 156 valence electrons. The predicted octanol–water partition coefficient (Wildman–Crippen LogP) is 3.54. The second-order valence-corrected chi connectivity index (χ2v) is 8.29. The highest BCUT2D eigenvalue weighted by Gasteiger charge is 2.24. The van der Waals surface area contributed by atoms with E-state index in [1.807, 2.05) is 24.5 Å². The van der Waals surface area contributed by atoms with Gasteiger partial charge in [0.1, 0.15) is 12.1 Å². The monoisotopic (exact) mass is 412 g/mol. The summed E-state index contributed by atoms with van der Waals surface area (Å²) in [4.78, 5) is 8.82. The van der Waals surface area contributed by atoms with Gasteiger partial charge < -0.3 is 15.8 Å². The van der Waals surface area contributed by atoms with Gasteiger partial charge in [-0.2, -0.15) is 5.10 Å². The van der Waals surface area contributed by atoms with Crippen molar-refractivity contribution in [1.82, 2.24) is 24.9 Å². The van der Waals surface area contributed by atoms with Crippen molar-refractivity contribution in [3.05, 3.63) is 65.7 Å². The predicted molar refractivity (Wildman–Crippen MR) is 119 cm³/mol. The van der Waals surface area contributed by atoms with Crippen LogP contribution in [0.5, 0.6) is 0 Å². The Balaban J connectivity index is 1.47. The van der Waals surface area contributed by atoms with E-state index < -0.39 is 0 Å². The average molecular weight is 412 g/mol. The third-order valence-corrected chi connectivity index (χ3v) is 6.42. The molecule has 3 N–H and O–H groups in total. The smallest absolute Gasteiger partial charge is 0.155 e. The van der Waals surface area contributed by atoms with Gasteiger partial charge in [-0.3, -0.25) is 0 Å². The number of pyridine rings is 2. The van der Waals surface area contributed by atoms with Crippen molar-refractivity contribution in [3.63, 3.8) is 0 Å². The molecule has 0 saturated carbocycles.